The van der Waals surface area contributed by atoms with Gasteiger partial charge in [-0.25, -0.2) is 8.42 Å². The van der Waals surface area contributed by atoms with Gasteiger partial charge in [-0.15, -0.1) is 0 Å². The van der Waals surface area contributed by atoms with Gasteiger partial charge in [0.05, 0.1) is 12.4 Å². The van der Waals surface area contributed by atoms with Crippen LogP contribution < -0.4 is 10.1 Å². The molecule has 0 radical (unpaired) electrons. The number of para-hydroxylation sites is 1. The van der Waals surface area contributed by atoms with Gasteiger partial charge < -0.3 is 10.1 Å². The number of benzene rings is 1. The third kappa shape index (κ3) is 2.77. The largest absolute Gasteiger partial charge is 0.495 e. The molecule has 0 bridgehead atoms. The van der Waals surface area contributed by atoms with E-state index < -0.39 is 9.84 Å². The number of hydrogen-bond acceptors (Lipinski definition) is 4. The molecule has 1 fully saturated rings. The van der Waals surface area contributed by atoms with Crippen LogP contribution in [0.1, 0.15) is 25.7 Å². The van der Waals surface area contributed by atoms with Crippen LogP contribution in [0.5, 0.6) is 5.75 Å². The van der Waals surface area contributed by atoms with E-state index in [2.05, 4.69) is 5.32 Å². The minimum absolute atomic E-state index is 0.0312. The maximum Gasteiger partial charge on any atom is 0.186 e. The Labute approximate surface area is 115 Å². The maximum atomic E-state index is 12.8. The molecule has 1 aromatic rings. The lowest BCUT2D eigenvalue weighted by Gasteiger charge is -2.31. The summed E-state index contributed by atoms with van der Waals surface area (Å²) in [7, 11) is -0.0148. The minimum atomic E-state index is -3.35. The summed E-state index contributed by atoms with van der Waals surface area (Å²) >= 11 is 0. The van der Waals surface area contributed by atoms with Gasteiger partial charge in [0, 0.05) is 6.04 Å². The Morgan fingerprint density at radius 1 is 1.21 bits per heavy atom. The number of rotatable bonds is 4. The predicted molar refractivity (Wildman–Crippen MR) is 75.3 cm³/mol. The third-order valence-electron chi connectivity index (χ3n) is 3.85. The van der Waals surface area contributed by atoms with Crippen molar-refractivity contribution in [2.45, 2.75) is 41.9 Å². The van der Waals surface area contributed by atoms with E-state index >= 15 is 0 Å². The molecule has 2 unspecified atom stereocenters. The molecule has 1 aliphatic rings. The number of ether oxygens (including phenoxy) is 1. The second-order valence-corrected chi connectivity index (χ2v) is 7.05. The molecule has 0 aliphatic heterocycles. The highest BCUT2D eigenvalue weighted by atomic mass is 32.2. The first kappa shape index (κ1) is 14.3. The van der Waals surface area contributed by atoms with Gasteiger partial charge >= 0.3 is 0 Å². The number of nitrogens with one attached hydrogen (secondary N) is 1. The minimum Gasteiger partial charge on any atom is -0.495 e. The Balaban J connectivity index is 2.40. The summed E-state index contributed by atoms with van der Waals surface area (Å²) in [6, 6.07) is 6.89. The summed E-state index contributed by atoms with van der Waals surface area (Å²) in [5.74, 6) is 0.433. The fourth-order valence-electron chi connectivity index (χ4n) is 2.82. The Morgan fingerprint density at radius 3 is 2.58 bits per heavy atom. The van der Waals surface area contributed by atoms with E-state index in [1.807, 2.05) is 7.05 Å². The molecule has 0 saturated heterocycles. The van der Waals surface area contributed by atoms with Crippen LogP contribution in [0.25, 0.3) is 0 Å². The molecule has 2 atom stereocenters. The lowest BCUT2D eigenvalue weighted by molar-refractivity contribution is 0.383. The Bertz CT molecular complexity index is 527. The maximum absolute atomic E-state index is 12.8. The summed E-state index contributed by atoms with van der Waals surface area (Å²) in [4.78, 5) is 0.310. The van der Waals surface area contributed by atoms with E-state index in [0.717, 1.165) is 19.3 Å². The van der Waals surface area contributed by atoms with Gasteiger partial charge in [-0.3, -0.25) is 0 Å². The van der Waals surface area contributed by atoms with E-state index in [1.54, 1.807) is 24.3 Å². The normalized spacial score (nSPS) is 24.1. The van der Waals surface area contributed by atoms with Crippen molar-refractivity contribution < 1.29 is 13.2 Å². The fraction of sp³-hybridized carbons (Fsp3) is 0.571. The molecule has 19 heavy (non-hydrogen) atoms. The van der Waals surface area contributed by atoms with Crippen LogP contribution in [-0.2, 0) is 9.84 Å². The molecular weight excluding hydrogens is 262 g/mol. The van der Waals surface area contributed by atoms with Gasteiger partial charge in [-0.2, -0.15) is 0 Å². The summed E-state index contributed by atoms with van der Waals surface area (Å²) in [6.07, 6.45) is 3.68. The molecule has 1 saturated carbocycles. The van der Waals surface area contributed by atoms with E-state index in [0.29, 0.717) is 17.1 Å². The van der Waals surface area contributed by atoms with Crippen LogP contribution in [0.3, 0.4) is 0 Å². The Hall–Kier alpha value is -1.07. The zero-order chi connectivity index (χ0) is 13.9. The average molecular weight is 283 g/mol. The fourth-order valence-corrected chi connectivity index (χ4v) is 5.02. The van der Waals surface area contributed by atoms with Gasteiger partial charge in [0.1, 0.15) is 10.6 Å². The SMILES string of the molecule is CNC1CCCCC1S(=O)(=O)c1ccccc1OC. The van der Waals surface area contributed by atoms with Crippen LogP contribution in [0.4, 0.5) is 0 Å². The molecule has 0 amide bonds. The van der Waals surface area contributed by atoms with Crippen LogP contribution in [-0.4, -0.2) is 33.9 Å². The molecule has 1 aliphatic carbocycles. The van der Waals surface area contributed by atoms with Crippen molar-refractivity contribution in [1.29, 1.82) is 0 Å². The van der Waals surface area contributed by atoms with Crippen LogP contribution in [0.15, 0.2) is 29.2 Å². The molecule has 0 heterocycles. The molecule has 2 rings (SSSR count). The first-order chi connectivity index (χ1) is 9.11. The van der Waals surface area contributed by atoms with Gasteiger partial charge in [0.25, 0.3) is 0 Å². The smallest absolute Gasteiger partial charge is 0.186 e. The number of sulfone groups is 1. The molecule has 106 valence electrons. The quantitative estimate of drug-likeness (QED) is 0.918. The lowest BCUT2D eigenvalue weighted by atomic mass is 9.95. The molecule has 0 spiro atoms. The molecule has 0 aromatic heterocycles. The molecule has 5 heteroatoms. The van der Waals surface area contributed by atoms with Gasteiger partial charge in [-0.05, 0) is 32.0 Å². The van der Waals surface area contributed by atoms with Crippen molar-refractivity contribution in [2.75, 3.05) is 14.2 Å². The summed E-state index contributed by atoms with van der Waals surface area (Å²) < 4.78 is 30.8. The molecule has 1 N–H and O–H groups in total. The first-order valence-electron chi connectivity index (χ1n) is 6.65. The summed E-state index contributed by atoms with van der Waals surface area (Å²) in [5.41, 5.74) is 0. The number of methoxy groups -OCH3 is 1. The highest BCUT2D eigenvalue weighted by Gasteiger charge is 2.37. The predicted octanol–water partition coefficient (Wildman–Crippen LogP) is 2.00. The molecule has 4 nitrogen and oxygen atoms in total. The standard InChI is InChI=1S/C14H21NO3S/c1-15-11-7-3-5-9-13(11)19(16,17)14-10-6-4-8-12(14)18-2/h4,6,8,10-11,13,15H,3,5,7,9H2,1-2H3. The lowest BCUT2D eigenvalue weighted by Crippen LogP contribution is -2.44. The van der Waals surface area contributed by atoms with Crippen molar-refractivity contribution in [2.24, 2.45) is 0 Å². The van der Waals surface area contributed by atoms with Gasteiger partial charge in [0.2, 0.25) is 0 Å². The average Bonchev–Trinajstić information content (AvgIpc) is 2.47. The van der Waals surface area contributed by atoms with E-state index in [-0.39, 0.29) is 11.3 Å². The van der Waals surface area contributed by atoms with Crippen LogP contribution in [0.2, 0.25) is 0 Å². The highest BCUT2D eigenvalue weighted by Crippen LogP contribution is 2.33. The zero-order valence-electron chi connectivity index (χ0n) is 11.4. The van der Waals surface area contributed by atoms with E-state index in [4.69, 9.17) is 4.74 Å². The topological polar surface area (TPSA) is 55.4 Å². The van der Waals surface area contributed by atoms with Crippen LogP contribution in [0, 0.1) is 0 Å². The first-order valence-corrected chi connectivity index (χ1v) is 8.20. The zero-order valence-corrected chi connectivity index (χ0v) is 12.2. The van der Waals surface area contributed by atoms with Gasteiger partial charge in [0.15, 0.2) is 9.84 Å². The Kier molecular flexibility index (Phi) is 4.47. The van der Waals surface area contributed by atoms with E-state index in [1.165, 1.54) is 7.11 Å². The third-order valence-corrected chi connectivity index (χ3v) is 6.16. The summed E-state index contributed by atoms with van der Waals surface area (Å²) in [6.45, 7) is 0. The van der Waals surface area contributed by atoms with Crippen molar-refractivity contribution in [1.82, 2.24) is 5.32 Å². The molecule has 1 aromatic carbocycles. The Morgan fingerprint density at radius 2 is 1.89 bits per heavy atom. The van der Waals surface area contributed by atoms with E-state index in [9.17, 15) is 8.42 Å². The second kappa shape index (κ2) is 5.92. The van der Waals surface area contributed by atoms with Crippen molar-refractivity contribution in [3.8, 4) is 5.75 Å². The molecular formula is C14H21NO3S. The number of hydrogen-bond donors (Lipinski definition) is 1. The van der Waals surface area contributed by atoms with Crippen molar-refractivity contribution >= 4 is 9.84 Å². The highest BCUT2D eigenvalue weighted by molar-refractivity contribution is 7.92. The van der Waals surface area contributed by atoms with Crippen molar-refractivity contribution in [3.05, 3.63) is 24.3 Å². The van der Waals surface area contributed by atoms with Gasteiger partial charge in [-0.1, -0.05) is 25.0 Å². The summed E-state index contributed by atoms with van der Waals surface area (Å²) in [5, 5.41) is 2.79. The second-order valence-electron chi connectivity index (χ2n) is 4.91. The monoisotopic (exact) mass is 283 g/mol. The van der Waals surface area contributed by atoms with Crippen molar-refractivity contribution in [3.63, 3.8) is 0 Å². The van der Waals surface area contributed by atoms with Crippen LogP contribution >= 0.6 is 0 Å².